The van der Waals surface area contributed by atoms with E-state index in [0.717, 1.165) is 0 Å². The molecule has 0 bridgehead atoms. The number of hydrogen-bond acceptors (Lipinski definition) is 5. The Morgan fingerprint density at radius 1 is 1.41 bits per heavy atom. The molecule has 1 amide bonds. The maximum Gasteiger partial charge on any atom is 0.308 e. The second-order valence-corrected chi connectivity index (χ2v) is 5.36. The van der Waals surface area contributed by atoms with E-state index >= 15 is 0 Å². The van der Waals surface area contributed by atoms with Crippen molar-refractivity contribution in [3.63, 3.8) is 0 Å². The van der Waals surface area contributed by atoms with Crippen molar-refractivity contribution in [3.05, 3.63) is 23.9 Å². The smallest absolute Gasteiger partial charge is 0.308 e. The molecule has 1 N–H and O–H groups in total. The van der Waals surface area contributed by atoms with Crippen LogP contribution in [0.2, 0.25) is 0 Å². The van der Waals surface area contributed by atoms with Crippen LogP contribution in [0.15, 0.2) is 18.3 Å². The average Bonchev–Trinajstić information content (AvgIpc) is 2.89. The third-order valence-corrected chi connectivity index (χ3v) is 3.74. The summed E-state index contributed by atoms with van der Waals surface area (Å²) in [5.41, 5.74) is 0.445. The number of nitrogens with zero attached hydrogens (tertiary/aromatic N) is 2. The van der Waals surface area contributed by atoms with E-state index in [1.807, 2.05) is 6.92 Å². The first-order valence-electron chi connectivity index (χ1n) is 7.12. The molecule has 0 aromatic carbocycles. The van der Waals surface area contributed by atoms with Crippen LogP contribution >= 0.6 is 0 Å². The van der Waals surface area contributed by atoms with Crippen LogP contribution in [0, 0.1) is 11.8 Å². The number of likely N-dealkylation sites (tertiary alicyclic amines) is 1. The second-order valence-electron chi connectivity index (χ2n) is 5.36. The molecule has 2 rings (SSSR count). The zero-order valence-electron chi connectivity index (χ0n) is 12.7. The van der Waals surface area contributed by atoms with E-state index in [4.69, 9.17) is 14.6 Å². The van der Waals surface area contributed by atoms with Crippen LogP contribution in [0.3, 0.4) is 0 Å². The highest BCUT2D eigenvalue weighted by Crippen LogP contribution is 2.25. The van der Waals surface area contributed by atoms with Crippen molar-refractivity contribution in [1.29, 1.82) is 0 Å². The molecule has 1 aromatic rings. The number of amides is 1. The summed E-state index contributed by atoms with van der Waals surface area (Å²) < 4.78 is 10.3. The first-order valence-corrected chi connectivity index (χ1v) is 7.12. The Bertz CT molecular complexity index is 548. The Labute approximate surface area is 128 Å². The molecule has 1 aromatic heterocycles. The normalized spacial score (nSPS) is 20.9. The highest BCUT2D eigenvalue weighted by atomic mass is 16.5. The van der Waals surface area contributed by atoms with Gasteiger partial charge in [-0.1, -0.05) is 6.92 Å². The monoisotopic (exact) mass is 308 g/mol. The van der Waals surface area contributed by atoms with E-state index in [-0.39, 0.29) is 18.4 Å². The van der Waals surface area contributed by atoms with Crippen LogP contribution in [-0.2, 0) is 9.53 Å². The van der Waals surface area contributed by atoms with Gasteiger partial charge in [-0.15, -0.1) is 0 Å². The molecule has 0 radical (unpaired) electrons. The van der Waals surface area contributed by atoms with Crippen molar-refractivity contribution in [3.8, 4) is 5.88 Å². The van der Waals surface area contributed by atoms with Gasteiger partial charge in [0.2, 0.25) is 5.88 Å². The number of methoxy groups -OCH3 is 1. The lowest BCUT2D eigenvalue weighted by Gasteiger charge is -2.16. The number of aliphatic carboxylic acids is 1. The summed E-state index contributed by atoms with van der Waals surface area (Å²) in [6, 6.07) is 3.17. The Kier molecular flexibility index (Phi) is 5.32. The number of ether oxygens (including phenoxy) is 2. The summed E-state index contributed by atoms with van der Waals surface area (Å²) in [6.07, 6.45) is 1.50. The molecule has 7 nitrogen and oxygen atoms in total. The first-order chi connectivity index (χ1) is 10.5. The molecular weight excluding hydrogens is 288 g/mol. The zero-order chi connectivity index (χ0) is 16.1. The van der Waals surface area contributed by atoms with Crippen LogP contribution < -0.4 is 4.74 Å². The largest absolute Gasteiger partial charge is 0.481 e. The molecule has 2 atom stereocenters. The lowest BCUT2D eigenvalue weighted by molar-refractivity contribution is -0.142. The summed E-state index contributed by atoms with van der Waals surface area (Å²) in [6.45, 7) is 3.31. The number of carboxylic acid groups (broad SMARTS) is 1. The number of carboxylic acids is 1. The van der Waals surface area contributed by atoms with E-state index in [0.29, 0.717) is 31.2 Å². The summed E-state index contributed by atoms with van der Waals surface area (Å²) in [5, 5.41) is 9.14. The van der Waals surface area contributed by atoms with Gasteiger partial charge >= 0.3 is 5.97 Å². The minimum atomic E-state index is -0.860. The van der Waals surface area contributed by atoms with Gasteiger partial charge in [-0.2, -0.15) is 0 Å². The van der Waals surface area contributed by atoms with Crippen molar-refractivity contribution < 1.29 is 24.2 Å². The van der Waals surface area contributed by atoms with Crippen LogP contribution in [-0.4, -0.2) is 60.3 Å². The van der Waals surface area contributed by atoms with Gasteiger partial charge in [0.05, 0.1) is 12.5 Å². The summed E-state index contributed by atoms with van der Waals surface area (Å²) in [5.74, 6) is -1.27. The minimum absolute atomic E-state index is 0.0549. The molecule has 1 fully saturated rings. The Hall–Kier alpha value is -2.15. The highest BCUT2D eigenvalue weighted by molar-refractivity contribution is 5.95. The Morgan fingerprint density at radius 2 is 2.18 bits per heavy atom. The fraction of sp³-hybridized carbons (Fsp3) is 0.533. The number of aromatic nitrogens is 1. The first kappa shape index (κ1) is 16.2. The van der Waals surface area contributed by atoms with E-state index in [1.54, 1.807) is 24.1 Å². The van der Waals surface area contributed by atoms with Gasteiger partial charge in [-0.05, 0) is 12.0 Å². The molecule has 0 aliphatic carbocycles. The third-order valence-electron chi connectivity index (χ3n) is 3.74. The number of rotatable bonds is 6. The number of pyridine rings is 1. The van der Waals surface area contributed by atoms with Gasteiger partial charge in [0.15, 0.2) is 0 Å². The molecule has 1 aliphatic rings. The number of hydrogen-bond donors (Lipinski definition) is 1. The fourth-order valence-corrected chi connectivity index (χ4v) is 2.49. The van der Waals surface area contributed by atoms with Crippen LogP contribution in [0.4, 0.5) is 0 Å². The number of carbonyl (C=O) groups excluding carboxylic acids is 1. The Balaban J connectivity index is 2.04. The van der Waals surface area contributed by atoms with Crippen LogP contribution in [0.5, 0.6) is 5.88 Å². The topological polar surface area (TPSA) is 89.0 Å². The molecule has 120 valence electrons. The minimum Gasteiger partial charge on any atom is -0.481 e. The third kappa shape index (κ3) is 3.73. The SMILES string of the molecule is COCCOc1cc(C(=O)N2C[C@@H](C)[C@H](C(=O)O)C2)ccn1. The molecule has 7 heteroatoms. The molecule has 1 aliphatic heterocycles. The molecule has 1 saturated heterocycles. The van der Waals surface area contributed by atoms with E-state index < -0.39 is 11.9 Å². The predicted octanol–water partition coefficient (Wildman–Crippen LogP) is 0.899. The molecule has 0 saturated carbocycles. The van der Waals surface area contributed by atoms with Crippen LogP contribution in [0.1, 0.15) is 17.3 Å². The van der Waals surface area contributed by atoms with Gasteiger partial charge < -0.3 is 19.5 Å². The summed E-state index contributed by atoms with van der Waals surface area (Å²) >= 11 is 0. The standard InChI is InChI=1S/C15H20N2O5/c1-10-8-17(9-12(10)15(19)20)14(18)11-3-4-16-13(7-11)22-6-5-21-2/h3-4,7,10,12H,5-6,8-9H2,1-2H3,(H,19,20)/t10-,12-/m1/s1. The molecule has 0 unspecified atom stereocenters. The van der Waals surface area contributed by atoms with Gasteiger partial charge in [-0.3, -0.25) is 9.59 Å². The highest BCUT2D eigenvalue weighted by Gasteiger charge is 2.37. The van der Waals surface area contributed by atoms with E-state index in [1.165, 1.54) is 6.20 Å². The lowest BCUT2D eigenvalue weighted by atomic mass is 9.99. The maximum absolute atomic E-state index is 12.5. The molecule has 2 heterocycles. The van der Waals surface area contributed by atoms with Crippen molar-refractivity contribution in [2.45, 2.75) is 6.92 Å². The molecule has 22 heavy (non-hydrogen) atoms. The van der Waals surface area contributed by atoms with Crippen molar-refractivity contribution >= 4 is 11.9 Å². The predicted molar refractivity (Wildman–Crippen MR) is 77.8 cm³/mol. The summed E-state index contributed by atoms with van der Waals surface area (Å²) in [4.78, 5) is 29.2. The quantitative estimate of drug-likeness (QED) is 0.785. The Morgan fingerprint density at radius 3 is 2.82 bits per heavy atom. The van der Waals surface area contributed by atoms with Crippen molar-refractivity contribution in [1.82, 2.24) is 9.88 Å². The zero-order valence-corrected chi connectivity index (χ0v) is 12.7. The van der Waals surface area contributed by atoms with E-state index in [2.05, 4.69) is 4.98 Å². The van der Waals surface area contributed by atoms with Gasteiger partial charge in [0.25, 0.3) is 5.91 Å². The van der Waals surface area contributed by atoms with Crippen molar-refractivity contribution in [2.24, 2.45) is 11.8 Å². The van der Waals surface area contributed by atoms with E-state index in [9.17, 15) is 9.59 Å². The van der Waals surface area contributed by atoms with Gasteiger partial charge in [0, 0.05) is 38.0 Å². The molecular formula is C15H20N2O5. The fourth-order valence-electron chi connectivity index (χ4n) is 2.49. The summed E-state index contributed by atoms with van der Waals surface area (Å²) in [7, 11) is 1.57. The lowest BCUT2D eigenvalue weighted by Crippen LogP contribution is -2.30. The van der Waals surface area contributed by atoms with Gasteiger partial charge in [-0.25, -0.2) is 4.98 Å². The van der Waals surface area contributed by atoms with Crippen molar-refractivity contribution in [2.75, 3.05) is 33.4 Å². The second kappa shape index (κ2) is 7.22. The maximum atomic E-state index is 12.5. The molecule has 0 spiro atoms. The number of carbonyl (C=O) groups is 2. The van der Waals surface area contributed by atoms with Gasteiger partial charge in [0.1, 0.15) is 6.61 Å². The average molecular weight is 308 g/mol. The van der Waals surface area contributed by atoms with Crippen LogP contribution in [0.25, 0.3) is 0 Å².